The molecule has 2 nitrogen and oxygen atoms in total. The maximum absolute atomic E-state index is 12.0. The largest absolute Gasteiger partial charge is 0.416 e. The summed E-state index contributed by atoms with van der Waals surface area (Å²) in [6.07, 6.45) is -4.30. The molecule has 1 rings (SSSR count). The van der Waals surface area contributed by atoms with Crippen LogP contribution in [-0.2, 0) is 12.7 Å². The van der Waals surface area contributed by atoms with Gasteiger partial charge in [0, 0.05) is 6.54 Å². The molecule has 5 heteroatoms. The molecule has 0 atom stereocenters. The van der Waals surface area contributed by atoms with Crippen molar-refractivity contribution in [3.63, 3.8) is 0 Å². The summed E-state index contributed by atoms with van der Waals surface area (Å²) in [7, 11) is 0. The third-order valence-corrected chi connectivity index (χ3v) is 1.56. The zero-order valence-electron chi connectivity index (χ0n) is 6.60. The molecule has 0 fully saturated rings. The standard InChI is InChI=1S/C8H8F3NO/c9-8(10,11)7-3-1-6(2-4-7)5-12-13/h1-4,12-13H,5H2. The van der Waals surface area contributed by atoms with Crippen molar-refractivity contribution < 1.29 is 18.4 Å². The average molecular weight is 191 g/mol. The van der Waals surface area contributed by atoms with E-state index in [1.165, 1.54) is 12.1 Å². The maximum atomic E-state index is 12.0. The summed E-state index contributed by atoms with van der Waals surface area (Å²) in [5.74, 6) is 0. The molecule has 0 aliphatic rings. The van der Waals surface area contributed by atoms with Crippen LogP contribution in [0.3, 0.4) is 0 Å². The van der Waals surface area contributed by atoms with Crippen LogP contribution in [0.2, 0.25) is 0 Å². The van der Waals surface area contributed by atoms with Crippen molar-refractivity contribution >= 4 is 0 Å². The molecule has 13 heavy (non-hydrogen) atoms. The Morgan fingerprint density at radius 2 is 1.69 bits per heavy atom. The van der Waals surface area contributed by atoms with Gasteiger partial charge in [-0.05, 0) is 17.7 Å². The Balaban J connectivity index is 2.81. The third kappa shape index (κ3) is 2.71. The van der Waals surface area contributed by atoms with E-state index in [2.05, 4.69) is 0 Å². The molecule has 0 bridgehead atoms. The minimum absolute atomic E-state index is 0.137. The van der Waals surface area contributed by atoms with Crippen LogP contribution in [0.15, 0.2) is 24.3 Å². The SMILES string of the molecule is ONCc1ccc(C(F)(F)F)cc1. The van der Waals surface area contributed by atoms with Crippen LogP contribution in [0.25, 0.3) is 0 Å². The van der Waals surface area contributed by atoms with Gasteiger partial charge in [0.15, 0.2) is 0 Å². The van der Waals surface area contributed by atoms with Crippen molar-refractivity contribution in [1.82, 2.24) is 5.48 Å². The Bertz CT molecular complexity index is 268. The predicted molar refractivity (Wildman–Crippen MR) is 40.1 cm³/mol. The fourth-order valence-corrected chi connectivity index (χ4v) is 0.903. The second-order valence-electron chi connectivity index (χ2n) is 2.53. The van der Waals surface area contributed by atoms with Gasteiger partial charge >= 0.3 is 6.18 Å². The molecule has 1 aromatic rings. The van der Waals surface area contributed by atoms with Crippen molar-refractivity contribution in [1.29, 1.82) is 0 Å². The second kappa shape index (κ2) is 3.76. The van der Waals surface area contributed by atoms with Crippen LogP contribution >= 0.6 is 0 Å². The van der Waals surface area contributed by atoms with Gasteiger partial charge < -0.3 is 5.21 Å². The van der Waals surface area contributed by atoms with E-state index in [-0.39, 0.29) is 6.54 Å². The van der Waals surface area contributed by atoms with Crippen molar-refractivity contribution in [2.45, 2.75) is 12.7 Å². The minimum atomic E-state index is -4.30. The third-order valence-electron chi connectivity index (χ3n) is 1.56. The van der Waals surface area contributed by atoms with E-state index in [1.807, 2.05) is 5.48 Å². The Morgan fingerprint density at radius 3 is 2.08 bits per heavy atom. The van der Waals surface area contributed by atoms with E-state index in [1.54, 1.807) is 0 Å². The molecule has 72 valence electrons. The molecule has 0 spiro atoms. The van der Waals surface area contributed by atoms with Gasteiger partial charge in [0.05, 0.1) is 5.56 Å². The summed E-state index contributed by atoms with van der Waals surface area (Å²) < 4.78 is 36.1. The molecule has 0 saturated carbocycles. The van der Waals surface area contributed by atoms with Crippen LogP contribution in [0, 0.1) is 0 Å². The second-order valence-corrected chi connectivity index (χ2v) is 2.53. The van der Waals surface area contributed by atoms with E-state index in [0.717, 1.165) is 12.1 Å². The van der Waals surface area contributed by atoms with Crippen LogP contribution in [0.4, 0.5) is 13.2 Å². The Morgan fingerprint density at radius 1 is 1.15 bits per heavy atom. The van der Waals surface area contributed by atoms with Gasteiger partial charge in [-0.1, -0.05) is 12.1 Å². The van der Waals surface area contributed by atoms with Gasteiger partial charge in [-0.15, -0.1) is 0 Å². The highest BCUT2D eigenvalue weighted by atomic mass is 19.4. The molecule has 0 aliphatic carbocycles. The van der Waals surface area contributed by atoms with Gasteiger partial charge in [0.2, 0.25) is 0 Å². The molecular weight excluding hydrogens is 183 g/mol. The first kappa shape index (κ1) is 10.0. The first-order chi connectivity index (χ1) is 6.04. The molecule has 1 aromatic carbocycles. The number of hydrogen-bond donors (Lipinski definition) is 2. The van der Waals surface area contributed by atoms with Crippen LogP contribution in [-0.4, -0.2) is 5.21 Å². The smallest absolute Gasteiger partial charge is 0.316 e. The number of benzene rings is 1. The first-order valence-corrected chi connectivity index (χ1v) is 3.57. The summed E-state index contributed by atoms with van der Waals surface area (Å²) >= 11 is 0. The number of alkyl halides is 3. The normalized spacial score (nSPS) is 11.7. The van der Waals surface area contributed by atoms with Crippen molar-refractivity contribution in [3.8, 4) is 0 Å². The maximum Gasteiger partial charge on any atom is 0.416 e. The first-order valence-electron chi connectivity index (χ1n) is 3.57. The zero-order chi connectivity index (χ0) is 9.90. The molecule has 0 aromatic heterocycles. The fourth-order valence-electron chi connectivity index (χ4n) is 0.903. The van der Waals surface area contributed by atoms with Gasteiger partial charge in [-0.25, -0.2) is 5.48 Å². The minimum Gasteiger partial charge on any atom is -0.316 e. The highest BCUT2D eigenvalue weighted by molar-refractivity contribution is 5.24. The lowest BCUT2D eigenvalue weighted by molar-refractivity contribution is -0.137. The summed E-state index contributed by atoms with van der Waals surface area (Å²) in [5, 5.41) is 8.28. The topological polar surface area (TPSA) is 32.3 Å². The number of nitrogens with one attached hydrogen (secondary N) is 1. The molecule has 0 radical (unpaired) electrons. The van der Waals surface area contributed by atoms with Crippen LogP contribution in [0.5, 0.6) is 0 Å². The number of hydrogen-bond acceptors (Lipinski definition) is 2. The Hall–Kier alpha value is -1.07. The van der Waals surface area contributed by atoms with Gasteiger partial charge in [-0.3, -0.25) is 0 Å². The quantitative estimate of drug-likeness (QED) is 0.702. The van der Waals surface area contributed by atoms with Crippen LogP contribution in [0.1, 0.15) is 11.1 Å². The molecular formula is C8H8F3NO. The molecule has 0 heterocycles. The highest BCUT2D eigenvalue weighted by Gasteiger charge is 2.29. The van der Waals surface area contributed by atoms with Gasteiger partial charge in [-0.2, -0.15) is 13.2 Å². The number of halogens is 3. The van der Waals surface area contributed by atoms with Gasteiger partial charge in [0.25, 0.3) is 0 Å². The zero-order valence-corrected chi connectivity index (χ0v) is 6.60. The van der Waals surface area contributed by atoms with E-state index < -0.39 is 11.7 Å². The summed E-state index contributed by atoms with van der Waals surface area (Å²) in [6.45, 7) is 0.137. The summed E-state index contributed by atoms with van der Waals surface area (Å²) in [6, 6.07) is 4.58. The van der Waals surface area contributed by atoms with Crippen LogP contribution < -0.4 is 5.48 Å². The lowest BCUT2D eigenvalue weighted by Crippen LogP contribution is -2.08. The van der Waals surface area contributed by atoms with E-state index in [0.29, 0.717) is 5.56 Å². The summed E-state index contributed by atoms with van der Waals surface area (Å²) in [5.41, 5.74) is 1.77. The molecule has 2 N–H and O–H groups in total. The highest BCUT2D eigenvalue weighted by Crippen LogP contribution is 2.28. The van der Waals surface area contributed by atoms with E-state index in [4.69, 9.17) is 5.21 Å². The molecule has 0 unspecified atom stereocenters. The van der Waals surface area contributed by atoms with E-state index in [9.17, 15) is 13.2 Å². The monoisotopic (exact) mass is 191 g/mol. The van der Waals surface area contributed by atoms with Gasteiger partial charge in [0.1, 0.15) is 0 Å². The number of rotatable bonds is 2. The van der Waals surface area contributed by atoms with Crippen molar-refractivity contribution in [2.75, 3.05) is 0 Å². The Kier molecular flexibility index (Phi) is 2.90. The number of hydroxylamine groups is 1. The lowest BCUT2D eigenvalue weighted by Gasteiger charge is -2.06. The lowest BCUT2D eigenvalue weighted by atomic mass is 10.1. The van der Waals surface area contributed by atoms with Crippen molar-refractivity contribution in [2.24, 2.45) is 0 Å². The predicted octanol–water partition coefficient (Wildman–Crippen LogP) is 2.18. The fraction of sp³-hybridized carbons (Fsp3) is 0.250. The Labute approximate surface area is 73.0 Å². The average Bonchev–Trinajstić information content (AvgIpc) is 2.04. The molecule has 0 saturated heterocycles. The van der Waals surface area contributed by atoms with E-state index >= 15 is 0 Å². The summed E-state index contributed by atoms with van der Waals surface area (Å²) in [4.78, 5) is 0. The molecule has 0 aliphatic heterocycles. The molecule has 0 amide bonds. The van der Waals surface area contributed by atoms with Crippen molar-refractivity contribution in [3.05, 3.63) is 35.4 Å².